The van der Waals surface area contributed by atoms with Crippen molar-refractivity contribution in [3.8, 4) is 11.6 Å². The standard InChI is InChI=1S/C14H15N3O2/c1-3-9-19-14-13(10-15-18)11(2)16-17(14)12-7-5-4-6-8-12/h3-8,10,18H,1,9H2,2H3/b15-10+. The first-order chi connectivity index (χ1) is 9.27. The molecule has 0 aliphatic carbocycles. The molecule has 1 N–H and O–H groups in total. The van der Waals surface area contributed by atoms with E-state index in [4.69, 9.17) is 9.94 Å². The molecule has 5 nitrogen and oxygen atoms in total. The SMILES string of the molecule is C=CCOc1c(/C=N/O)c(C)nn1-c1ccccc1. The Morgan fingerprint density at radius 2 is 2.16 bits per heavy atom. The molecule has 0 aliphatic heterocycles. The molecular formula is C14H15N3O2. The van der Waals surface area contributed by atoms with Crippen molar-refractivity contribution in [1.29, 1.82) is 0 Å². The molecule has 19 heavy (non-hydrogen) atoms. The maximum Gasteiger partial charge on any atom is 0.226 e. The summed E-state index contributed by atoms with van der Waals surface area (Å²) in [6.45, 7) is 5.80. The summed E-state index contributed by atoms with van der Waals surface area (Å²) in [7, 11) is 0. The molecule has 2 aromatic rings. The number of ether oxygens (including phenoxy) is 1. The van der Waals surface area contributed by atoms with Gasteiger partial charge in [0.05, 0.1) is 23.2 Å². The summed E-state index contributed by atoms with van der Waals surface area (Å²) < 4.78 is 7.30. The molecule has 5 heteroatoms. The summed E-state index contributed by atoms with van der Waals surface area (Å²) in [4.78, 5) is 0. The third kappa shape index (κ3) is 2.65. The van der Waals surface area contributed by atoms with Crippen LogP contribution in [0.15, 0.2) is 48.1 Å². The van der Waals surface area contributed by atoms with Gasteiger partial charge in [-0.05, 0) is 19.1 Å². The number of aryl methyl sites for hydroxylation is 1. The molecule has 0 fully saturated rings. The molecule has 0 saturated carbocycles. The van der Waals surface area contributed by atoms with Gasteiger partial charge in [-0.1, -0.05) is 36.0 Å². The van der Waals surface area contributed by atoms with Crippen LogP contribution in [0.5, 0.6) is 5.88 Å². The topological polar surface area (TPSA) is 59.6 Å². The Balaban J connectivity index is 2.53. The van der Waals surface area contributed by atoms with Crippen LogP contribution in [0, 0.1) is 6.92 Å². The lowest BCUT2D eigenvalue weighted by Gasteiger charge is -2.08. The molecule has 1 heterocycles. The number of oxime groups is 1. The number of para-hydroxylation sites is 1. The summed E-state index contributed by atoms with van der Waals surface area (Å²) in [6, 6.07) is 9.62. The first kappa shape index (κ1) is 12.9. The minimum atomic E-state index is 0.351. The predicted octanol–water partition coefficient (Wildman–Crippen LogP) is 2.55. The van der Waals surface area contributed by atoms with Crippen molar-refractivity contribution < 1.29 is 9.94 Å². The lowest BCUT2D eigenvalue weighted by atomic mass is 10.2. The molecule has 1 aromatic heterocycles. The first-order valence-corrected chi connectivity index (χ1v) is 5.84. The van der Waals surface area contributed by atoms with Crippen LogP contribution in [-0.4, -0.2) is 27.8 Å². The third-order valence-electron chi connectivity index (χ3n) is 2.59. The molecule has 98 valence electrons. The van der Waals surface area contributed by atoms with E-state index >= 15 is 0 Å². The average Bonchev–Trinajstić information content (AvgIpc) is 2.75. The van der Waals surface area contributed by atoms with Crippen LogP contribution in [-0.2, 0) is 0 Å². The first-order valence-electron chi connectivity index (χ1n) is 5.84. The number of benzene rings is 1. The van der Waals surface area contributed by atoms with E-state index < -0.39 is 0 Å². The van der Waals surface area contributed by atoms with Gasteiger partial charge in [-0.2, -0.15) is 5.10 Å². The van der Waals surface area contributed by atoms with E-state index in [1.807, 2.05) is 37.3 Å². The van der Waals surface area contributed by atoms with Gasteiger partial charge in [0.2, 0.25) is 5.88 Å². The summed E-state index contributed by atoms with van der Waals surface area (Å²) in [5.41, 5.74) is 2.25. The molecule has 0 radical (unpaired) electrons. The Labute approximate surface area is 111 Å². The van der Waals surface area contributed by atoms with Crippen LogP contribution in [0.4, 0.5) is 0 Å². The smallest absolute Gasteiger partial charge is 0.226 e. The predicted molar refractivity (Wildman–Crippen MR) is 73.4 cm³/mol. The van der Waals surface area contributed by atoms with Crippen molar-refractivity contribution in [2.24, 2.45) is 5.16 Å². The van der Waals surface area contributed by atoms with Crippen LogP contribution >= 0.6 is 0 Å². The van der Waals surface area contributed by atoms with Gasteiger partial charge in [0.25, 0.3) is 0 Å². The summed E-state index contributed by atoms with van der Waals surface area (Å²) in [5.74, 6) is 0.529. The maximum absolute atomic E-state index is 8.73. The van der Waals surface area contributed by atoms with Crippen molar-refractivity contribution in [2.75, 3.05) is 6.61 Å². The second kappa shape index (κ2) is 5.86. The van der Waals surface area contributed by atoms with E-state index in [1.165, 1.54) is 6.21 Å². The second-order valence-corrected chi connectivity index (χ2v) is 3.90. The van der Waals surface area contributed by atoms with Crippen LogP contribution in [0.3, 0.4) is 0 Å². The largest absolute Gasteiger partial charge is 0.473 e. The fraction of sp³-hybridized carbons (Fsp3) is 0.143. The van der Waals surface area contributed by atoms with E-state index in [2.05, 4.69) is 16.8 Å². The molecule has 0 atom stereocenters. The zero-order valence-electron chi connectivity index (χ0n) is 10.7. The molecule has 2 rings (SSSR count). The highest BCUT2D eigenvalue weighted by molar-refractivity contribution is 5.84. The van der Waals surface area contributed by atoms with Gasteiger partial charge in [-0.3, -0.25) is 0 Å². The highest BCUT2D eigenvalue weighted by Gasteiger charge is 2.16. The average molecular weight is 257 g/mol. The maximum atomic E-state index is 8.73. The van der Waals surface area contributed by atoms with Gasteiger partial charge in [-0.15, -0.1) is 0 Å². The van der Waals surface area contributed by atoms with Crippen LogP contribution in [0.2, 0.25) is 0 Å². The van der Waals surface area contributed by atoms with Gasteiger partial charge < -0.3 is 9.94 Å². The number of rotatable bonds is 5. The van der Waals surface area contributed by atoms with Crippen LogP contribution in [0.1, 0.15) is 11.3 Å². The number of nitrogens with zero attached hydrogens (tertiary/aromatic N) is 3. The molecule has 0 spiro atoms. The number of aromatic nitrogens is 2. The molecule has 0 saturated heterocycles. The molecule has 0 unspecified atom stereocenters. The van der Waals surface area contributed by atoms with E-state index in [0.717, 1.165) is 11.4 Å². The van der Waals surface area contributed by atoms with Gasteiger partial charge in [0, 0.05) is 0 Å². The minimum absolute atomic E-state index is 0.351. The minimum Gasteiger partial charge on any atom is -0.473 e. The Morgan fingerprint density at radius 3 is 2.79 bits per heavy atom. The van der Waals surface area contributed by atoms with Gasteiger partial charge >= 0.3 is 0 Å². The highest BCUT2D eigenvalue weighted by atomic mass is 16.5. The molecule has 1 aromatic carbocycles. The number of hydrogen-bond acceptors (Lipinski definition) is 4. The lowest BCUT2D eigenvalue weighted by molar-refractivity contribution is 0.320. The normalized spacial score (nSPS) is 10.8. The zero-order chi connectivity index (χ0) is 13.7. The fourth-order valence-corrected chi connectivity index (χ4v) is 1.75. The van der Waals surface area contributed by atoms with Crippen molar-refractivity contribution in [3.05, 3.63) is 54.2 Å². The molecule has 0 aliphatic rings. The van der Waals surface area contributed by atoms with Crippen molar-refractivity contribution in [1.82, 2.24) is 9.78 Å². The van der Waals surface area contributed by atoms with Crippen molar-refractivity contribution >= 4 is 6.21 Å². The summed E-state index contributed by atoms with van der Waals surface area (Å²) in [6.07, 6.45) is 2.97. The van der Waals surface area contributed by atoms with E-state index in [1.54, 1.807) is 10.8 Å². The Morgan fingerprint density at radius 1 is 1.42 bits per heavy atom. The van der Waals surface area contributed by atoms with Gasteiger partial charge in [-0.25, -0.2) is 4.68 Å². The van der Waals surface area contributed by atoms with E-state index in [-0.39, 0.29) is 0 Å². The molecule has 0 bridgehead atoms. The monoisotopic (exact) mass is 257 g/mol. The molecule has 0 amide bonds. The Hall–Kier alpha value is -2.56. The summed E-state index contributed by atoms with van der Waals surface area (Å²) in [5, 5.41) is 16.2. The Bertz CT molecular complexity index is 588. The third-order valence-corrected chi connectivity index (χ3v) is 2.59. The lowest BCUT2D eigenvalue weighted by Crippen LogP contribution is -2.04. The molecular weight excluding hydrogens is 242 g/mol. The van der Waals surface area contributed by atoms with E-state index in [0.29, 0.717) is 18.1 Å². The van der Waals surface area contributed by atoms with Gasteiger partial charge in [0.15, 0.2) is 0 Å². The van der Waals surface area contributed by atoms with Crippen molar-refractivity contribution in [3.63, 3.8) is 0 Å². The zero-order valence-corrected chi connectivity index (χ0v) is 10.7. The van der Waals surface area contributed by atoms with Crippen LogP contribution < -0.4 is 4.74 Å². The van der Waals surface area contributed by atoms with Gasteiger partial charge in [0.1, 0.15) is 6.61 Å². The second-order valence-electron chi connectivity index (χ2n) is 3.90. The highest BCUT2D eigenvalue weighted by Crippen LogP contribution is 2.24. The fourth-order valence-electron chi connectivity index (χ4n) is 1.75. The van der Waals surface area contributed by atoms with Crippen molar-refractivity contribution in [2.45, 2.75) is 6.92 Å². The van der Waals surface area contributed by atoms with E-state index in [9.17, 15) is 0 Å². The summed E-state index contributed by atoms with van der Waals surface area (Å²) >= 11 is 0. The number of hydrogen-bond donors (Lipinski definition) is 1. The van der Waals surface area contributed by atoms with Crippen LogP contribution in [0.25, 0.3) is 5.69 Å². The quantitative estimate of drug-likeness (QED) is 0.387. The Kier molecular flexibility index (Phi) is 3.97.